The van der Waals surface area contributed by atoms with Crippen LogP contribution in [0, 0.1) is 34.5 Å². The molecule has 0 aromatic heterocycles. The Morgan fingerprint density at radius 3 is 2.45 bits per heavy atom. The summed E-state index contributed by atoms with van der Waals surface area (Å²) in [7, 11) is 0. The lowest BCUT2D eigenvalue weighted by atomic mass is 9.45. The maximum absolute atomic E-state index is 11.9. The summed E-state index contributed by atoms with van der Waals surface area (Å²) in [5, 5.41) is 21.0. The molecule has 0 saturated heterocycles. The number of rotatable bonds is 0. The third-order valence-corrected chi connectivity index (χ3v) is 8.59. The predicted octanol–water partition coefficient (Wildman–Crippen LogP) is 3.28. The van der Waals surface area contributed by atoms with Crippen molar-refractivity contribution in [2.45, 2.75) is 77.4 Å². The number of aliphatic hydroxyl groups is 2. The van der Waals surface area contributed by atoms with Gasteiger partial charge in [0.05, 0.1) is 0 Å². The zero-order chi connectivity index (χ0) is 15.8. The van der Waals surface area contributed by atoms with Crippen molar-refractivity contribution in [3.63, 3.8) is 0 Å². The van der Waals surface area contributed by atoms with E-state index in [1.807, 2.05) is 0 Å². The Labute approximate surface area is 133 Å². The Kier molecular flexibility index (Phi) is 3.14. The summed E-state index contributed by atoms with van der Waals surface area (Å²) in [6, 6.07) is 0. The van der Waals surface area contributed by atoms with Crippen LogP contribution in [-0.2, 0) is 4.79 Å². The molecule has 4 rings (SSSR count). The highest BCUT2D eigenvalue weighted by atomic mass is 16.5. The molecule has 0 aliphatic heterocycles. The van der Waals surface area contributed by atoms with Gasteiger partial charge in [0.15, 0.2) is 5.79 Å². The van der Waals surface area contributed by atoms with Crippen LogP contribution in [0.1, 0.15) is 71.6 Å². The molecule has 0 spiro atoms. The molecule has 6 atom stereocenters. The number of Topliss-reactive ketones (excluding diaryl/α,β-unsaturated/α-hetero) is 1. The molecule has 1 unspecified atom stereocenters. The van der Waals surface area contributed by atoms with Gasteiger partial charge in [-0.2, -0.15) is 0 Å². The minimum absolute atomic E-state index is 0.314. The number of carbonyl (C=O) groups excluding carboxylic acids is 1. The van der Waals surface area contributed by atoms with Crippen molar-refractivity contribution >= 4 is 5.78 Å². The third kappa shape index (κ3) is 1.78. The number of hydrogen-bond acceptors (Lipinski definition) is 3. The highest BCUT2D eigenvalue weighted by Crippen LogP contribution is 2.67. The molecule has 22 heavy (non-hydrogen) atoms. The summed E-state index contributed by atoms with van der Waals surface area (Å²) in [6.45, 7) is 4.55. The van der Waals surface area contributed by atoms with E-state index in [-0.39, 0.29) is 5.41 Å². The van der Waals surface area contributed by atoms with Gasteiger partial charge in [-0.05, 0) is 67.6 Å². The fourth-order valence-corrected chi connectivity index (χ4v) is 7.04. The second-order valence-electron chi connectivity index (χ2n) is 9.21. The first kappa shape index (κ1) is 15.1. The van der Waals surface area contributed by atoms with Crippen molar-refractivity contribution < 1.29 is 15.0 Å². The molecule has 3 nitrogen and oxygen atoms in total. The van der Waals surface area contributed by atoms with Gasteiger partial charge < -0.3 is 10.2 Å². The summed E-state index contributed by atoms with van der Waals surface area (Å²) in [4.78, 5) is 11.9. The zero-order valence-corrected chi connectivity index (χ0v) is 14.0. The molecular formula is C19H30O3. The Morgan fingerprint density at radius 2 is 1.68 bits per heavy atom. The molecule has 0 bridgehead atoms. The van der Waals surface area contributed by atoms with E-state index in [1.165, 1.54) is 12.8 Å². The van der Waals surface area contributed by atoms with Crippen molar-refractivity contribution in [1.29, 1.82) is 0 Å². The minimum Gasteiger partial charge on any atom is -0.365 e. The average molecular weight is 306 g/mol. The number of ketones is 1. The molecule has 4 aliphatic rings. The molecule has 0 radical (unpaired) electrons. The first-order chi connectivity index (χ1) is 10.3. The van der Waals surface area contributed by atoms with Crippen LogP contribution in [-0.4, -0.2) is 21.8 Å². The Hall–Kier alpha value is -0.410. The van der Waals surface area contributed by atoms with E-state index in [0.717, 1.165) is 38.5 Å². The maximum atomic E-state index is 11.9. The maximum Gasteiger partial charge on any atom is 0.168 e. The lowest BCUT2D eigenvalue weighted by Gasteiger charge is -2.60. The fourth-order valence-electron chi connectivity index (χ4n) is 7.04. The van der Waals surface area contributed by atoms with E-state index >= 15 is 0 Å². The molecule has 124 valence electrons. The smallest absolute Gasteiger partial charge is 0.168 e. The van der Waals surface area contributed by atoms with Crippen molar-refractivity contribution in [2.75, 3.05) is 0 Å². The summed E-state index contributed by atoms with van der Waals surface area (Å²) >= 11 is 0. The molecular weight excluding hydrogens is 276 g/mol. The topological polar surface area (TPSA) is 57.5 Å². The van der Waals surface area contributed by atoms with Gasteiger partial charge in [0.1, 0.15) is 5.78 Å². The Bertz CT molecular complexity index is 499. The minimum atomic E-state index is -1.47. The largest absolute Gasteiger partial charge is 0.365 e. The van der Waals surface area contributed by atoms with E-state index in [9.17, 15) is 15.0 Å². The standard InChI is InChI=1S/C19H30O3/c1-17-8-5-13(20)11-12(17)3-4-14-15(17)6-9-18(2)16(14)7-10-19(18,21)22/h12,14-16,21-22H,3-11H2,1-2H3/t12?,14-,15-,16+,17+,18+/m1/s1. The van der Waals surface area contributed by atoms with Crippen molar-refractivity contribution in [2.24, 2.45) is 34.5 Å². The summed E-state index contributed by atoms with van der Waals surface area (Å²) in [6.07, 6.45) is 8.52. The molecule has 4 fully saturated rings. The van der Waals surface area contributed by atoms with Gasteiger partial charge in [0.2, 0.25) is 0 Å². The van der Waals surface area contributed by atoms with Crippen molar-refractivity contribution in [1.82, 2.24) is 0 Å². The van der Waals surface area contributed by atoms with E-state index in [1.54, 1.807) is 0 Å². The molecule has 0 aromatic carbocycles. The highest BCUT2D eigenvalue weighted by Gasteiger charge is 2.64. The van der Waals surface area contributed by atoms with Gasteiger partial charge in [-0.1, -0.05) is 13.8 Å². The van der Waals surface area contributed by atoms with Gasteiger partial charge in [0.25, 0.3) is 0 Å². The molecule has 4 aliphatic carbocycles. The van der Waals surface area contributed by atoms with Gasteiger partial charge in [0, 0.05) is 24.7 Å². The lowest BCUT2D eigenvalue weighted by Crippen LogP contribution is -2.56. The van der Waals surface area contributed by atoms with Crippen LogP contribution >= 0.6 is 0 Å². The van der Waals surface area contributed by atoms with Crippen LogP contribution in [0.4, 0.5) is 0 Å². The third-order valence-electron chi connectivity index (χ3n) is 8.59. The molecule has 0 heterocycles. The van der Waals surface area contributed by atoms with Crippen LogP contribution in [0.3, 0.4) is 0 Å². The average Bonchev–Trinajstić information content (AvgIpc) is 2.70. The quantitative estimate of drug-likeness (QED) is 0.675. The SMILES string of the molecule is C[C@]12CCC(=O)CC1CC[C@@H]1[C@H]2CC[C@@]2(C)[C@H]1CCC2(O)O. The molecule has 4 saturated carbocycles. The highest BCUT2D eigenvalue weighted by molar-refractivity contribution is 5.79. The predicted molar refractivity (Wildman–Crippen MR) is 83.9 cm³/mol. The normalized spacial score (nSPS) is 53.5. The lowest BCUT2D eigenvalue weighted by molar-refractivity contribution is -0.251. The van der Waals surface area contributed by atoms with Gasteiger partial charge >= 0.3 is 0 Å². The van der Waals surface area contributed by atoms with Crippen LogP contribution < -0.4 is 0 Å². The van der Waals surface area contributed by atoms with Gasteiger partial charge in [-0.3, -0.25) is 4.79 Å². The van der Waals surface area contributed by atoms with Crippen LogP contribution in [0.15, 0.2) is 0 Å². The second-order valence-corrected chi connectivity index (χ2v) is 9.21. The number of hydrogen-bond donors (Lipinski definition) is 2. The first-order valence-electron chi connectivity index (χ1n) is 9.24. The molecule has 0 aromatic rings. The number of carbonyl (C=O) groups is 1. The van der Waals surface area contributed by atoms with Gasteiger partial charge in [-0.15, -0.1) is 0 Å². The Balaban J connectivity index is 1.65. The summed E-state index contributed by atoms with van der Waals surface area (Å²) < 4.78 is 0. The van der Waals surface area contributed by atoms with Crippen LogP contribution in [0.2, 0.25) is 0 Å². The molecule has 0 amide bonds. The van der Waals surface area contributed by atoms with Crippen molar-refractivity contribution in [3.8, 4) is 0 Å². The summed E-state index contributed by atoms with van der Waals surface area (Å²) in [5.74, 6) is 1.35. The molecule has 3 heteroatoms. The monoisotopic (exact) mass is 306 g/mol. The molecule has 2 N–H and O–H groups in total. The van der Waals surface area contributed by atoms with E-state index in [0.29, 0.717) is 41.3 Å². The van der Waals surface area contributed by atoms with Crippen molar-refractivity contribution in [3.05, 3.63) is 0 Å². The second kappa shape index (κ2) is 4.57. The Morgan fingerprint density at radius 1 is 0.955 bits per heavy atom. The first-order valence-corrected chi connectivity index (χ1v) is 9.24. The van der Waals surface area contributed by atoms with E-state index < -0.39 is 5.79 Å². The van der Waals surface area contributed by atoms with Gasteiger partial charge in [-0.25, -0.2) is 0 Å². The number of fused-ring (bicyclic) bond motifs is 5. The summed E-state index contributed by atoms with van der Waals surface area (Å²) in [5.41, 5.74) is -0.00380. The fraction of sp³-hybridized carbons (Fsp3) is 0.947. The van der Waals surface area contributed by atoms with Crippen LogP contribution in [0.25, 0.3) is 0 Å². The van der Waals surface area contributed by atoms with Crippen LogP contribution in [0.5, 0.6) is 0 Å². The zero-order valence-electron chi connectivity index (χ0n) is 14.0. The van der Waals surface area contributed by atoms with E-state index in [4.69, 9.17) is 0 Å². The van der Waals surface area contributed by atoms with E-state index in [2.05, 4.69) is 13.8 Å².